The summed E-state index contributed by atoms with van der Waals surface area (Å²) in [6.07, 6.45) is -1.27. The summed E-state index contributed by atoms with van der Waals surface area (Å²) in [6, 6.07) is 14.1. The van der Waals surface area contributed by atoms with E-state index in [-0.39, 0.29) is 43.6 Å². The molecule has 2 aromatic rings. The molecule has 1 amide bonds. The van der Waals surface area contributed by atoms with Crippen molar-refractivity contribution < 1.29 is 33.5 Å². The molecular weight excluding hydrogens is 432 g/mol. The molecule has 0 aromatic heterocycles. The van der Waals surface area contributed by atoms with Gasteiger partial charge in [-0.2, -0.15) is 0 Å². The van der Waals surface area contributed by atoms with Gasteiger partial charge in [0.15, 0.2) is 0 Å². The maximum Gasteiger partial charge on any atom is 0.408 e. The van der Waals surface area contributed by atoms with Crippen LogP contribution < -0.4 is 10.1 Å². The highest BCUT2D eigenvalue weighted by atomic mass is 16.6. The van der Waals surface area contributed by atoms with Crippen LogP contribution in [0.5, 0.6) is 5.75 Å². The molecule has 1 fully saturated rings. The normalized spacial score (nSPS) is 17.7. The number of hydrogen-bond acceptors (Lipinski definition) is 8. The van der Waals surface area contributed by atoms with E-state index >= 15 is 0 Å². The molecule has 1 N–H and O–H groups in total. The van der Waals surface area contributed by atoms with E-state index in [0.29, 0.717) is 5.75 Å². The topological polar surface area (TPSA) is 130 Å². The monoisotopic (exact) mass is 458 g/mol. The van der Waals surface area contributed by atoms with E-state index in [1.165, 1.54) is 24.3 Å². The minimum absolute atomic E-state index is 0.0212. The molecule has 33 heavy (non-hydrogen) atoms. The van der Waals surface area contributed by atoms with E-state index in [9.17, 15) is 19.7 Å². The van der Waals surface area contributed by atoms with Crippen LogP contribution in [-0.4, -0.2) is 48.4 Å². The van der Waals surface area contributed by atoms with Crippen molar-refractivity contribution >= 4 is 17.7 Å². The largest absolute Gasteiger partial charge is 0.491 e. The minimum Gasteiger partial charge on any atom is -0.491 e. The van der Waals surface area contributed by atoms with Gasteiger partial charge in [0.25, 0.3) is 5.69 Å². The van der Waals surface area contributed by atoms with Crippen LogP contribution >= 0.6 is 0 Å². The Morgan fingerprint density at radius 2 is 1.70 bits per heavy atom. The van der Waals surface area contributed by atoms with Crippen LogP contribution in [0.25, 0.3) is 0 Å². The number of esters is 1. The van der Waals surface area contributed by atoms with Gasteiger partial charge in [0.1, 0.15) is 43.8 Å². The summed E-state index contributed by atoms with van der Waals surface area (Å²) in [6.45, 7) is 3.92. The number of benzene rings is 2. The molecule has 0 bridgehead atoms. The second-order valence-electron chi connectivity index (χ2n) is 7.83. The van der Waals surface area contributed by atoms with Crippen LogP contribution in [0.15, 0.2) is 54.6 Å². The van der Waals surface area contributed by atoms with Crippen LogP contribution in [0.3, 0.4) is 0 Å². The molecule has 10 heteroatoms. The second kappa shape index (κ2) is 11.3. The Kier molecular flexibility index (Phi) is 8.20. The van der Waals surface area contributed by atoms with E-state index in [2.05, 4.69) is 5.32 Å². The van der Waals surface area contributed by atoms with Gasteiger partial charge in [-0.25, -0.2) is 9.59 Å². The highest BCUT2D eigenvalue weighted by Crippen LogP contribution is 2.25. The molecule has 176 valence electrons. The third-order valence-corrected chi connectivity index (χ3v) is 4.95. The lowest BCUT2D eigenvalue weighted by molar-refractivity contribution is -0.384. The Bertz CT molecular complexity index is 949. The Morgan fingerprint density at radius 1 is 1.03 bits per heavy atom. The van der Waals surface area contributed by atoms with Crippen molar-refractivity contribution in [1.29, 1.82) is 0 Å². The van der Waals surface area contributed by atoms with Crippen molar-refractivity contribution in [2.75, 3.05) is 13.2 Å². The van der Waals surface area contributed by atoms with E-state index < -0.39 is 23.0 Å². The highest BCUT2D eigenvalue weighted by molar-refractivity contribution is 5.81. The number of nitrogens with one attached hydrogen (secondary N) is 1. The number of nitro groups is 1. The summed E-state index contributed by atoms with van der Waals surface area (Å²) < 4.78 is 21.5. The van der Waals surface area contributed by atoms with Crippen molar-refractivity contribution in [1.82, 2.24) is 5.32 Å². The molecule has 1 heterocycles. The lowest BCUT2D eigenvalue weighted by atomic mass is 10.1. The third-order valence-electron chi connectivity index (χ3n) is 4.95. The lowest BCUT2D eigenvalue weighted by Crippen LogP contribution is -2.45. The number of carbonyl (C=O) groups excluding carboxylic acids is 2. The molecule has 1 saturated heterocycles. The van der Waals surface area contributed by atoms with Gasteiger partial charge >= 0.3 is 12.1 Å². The molecule has 0 unspecified atom stereocenters. The molecule has 3 atom stereocenters. The van der Waals surface area contributed by atoms with Gasteiger partial charge in [0, 0.05) is 12.1 Å². The third kappa shape index (κ3) is 7.46. The minimum atomic E-state index is -0.859. The van der Waals surface area contributed by atoms with Crippen molar-refractivity contribution in [3.63, 3.8) is 0 Å². The van der Waals surface area contributed by atoms with Gasteiger partial charge in [-0.3, -0.25) is 10.1 Å². The second-order valence-corrected chi connectivity index (χ2v) is 7.83. The molecule has 0 radical (unpaired) electrons. The summed E-state index contributed by atoms with van der Waals surface area (Å²) in [5.41, 5.74) is 0.816. The van der Waals surface area contributed by atoms with Crippen molar-refractivity contribution in [3.8, 4) is 5.75 Å². The van der Waals surface area contributed by atoms with E-state index in [1.54, 1.807) is 13.8 Å². The Labute approximate surface area is 190 Å². The number of carbonyl (C=O) groups is 2. The smallest absolute Gasteiger partial charge is 0.408 e. The number of rotatable bonds is 11. The molecular formula is C23H26N2O8. The molecule has 3 rings (SSSR count). The Balaban J connectivity index is 1.37. The lowest BCUT2D eigenvalue weighted by Gasteiger charge is -2.20. The molecule has 0 spiro atoms. The van der Waals surface area contributed by atoms with Gasteiger partial charge in [-0.05, 0) is 23.6 Å². The first-order valence-electron chi connectivity index (χ1n) is 10.5. The maximum atomic E-state index is 12.5. The first-order valence-corrected chi connectivity index (χ1v) is 10.5. The summed E-state index contributed by atoms with van der Waals surface area (Å²) in [7, 11) is 0. The number of ether oxygens (including phenoxy) is 4. The van der Waals surface area contributed by atoms with E-state index in [4.69, 9.17) is 18.9 Å². The van der Waals surface area contributed by atoms with Gasteiger partial charge in [0.05, 0.1) is 4.92 Å². The Hall–Kier alpha value is -3.66. The van der Waals surface area contributed by atoms with Crippen LogP contribution in [0, 0.1) is 16.0 Å². The predicted molar refractivity (Wildman–Crippen MR) is 117 cm³/mol. The zero-order valence-electron chi connectivity index (χ0n) is 18.3. The van der Waals surface area contributed by atoms with Crippen molar-refractivity contribution in [2.24, 2.45) is 5.92 Å². The SMILES string of the molecule is CC(C)[C@@H](NC(=O)OCc1ccccc1)C(=O)OC[C@@H]1O[C@@H]1COc1ccc([N+](=O)[O-])cc1. The van der Waals surface area contributed by atoms with Crippen LogP contribution in [-0.2, 0) is 25.6 Å². The molecule has 0 saturated carbocycles. The number of amides is 1. The first kappa shape index (κ1) is 24.0. The highest BCUT2D eigenvalue weighted by Gasteiger charge is 2.41. The average molecular weight is 458 g/mol. The molecule has 10 nitrogen and oxygen atoms in total. The Morgan fingerprint density at radius 3 is 2.33 bits per heavy atom. The van der Waals surface area contributed by atoms with Crippen molar-refractivity contribution in [2.45, 2.75) is 38.7 Å². The number of nitrogens with zero attached hydrogens (tertiary/aromatic N) is 1. The van der Waals surface area contributed by atoms with Crippen LogP contribution in [0.2, 0.25) is 0 Å². The van der Waals surface area contributed by atoms with Crippen LogP contribution in [0.4, 0.5) is 10.5 Å². The van der Waals surface area contributed by atoms with E-state index in [1.807, 2.05) is 30.3 Å². The van der Waals surface area contributed by atoms with Gasteiger partial charge < -0.3 is 24.3 Å². The number of non-ortho nitro benzene ring substituents is 1. The summed E-state index contributed by atoms with van der Waals surface area (Å²) >= 11 is 0. The number of epoxide rings is 1. The fourth-order valence-electron chi connectivity index (χ4n) is 2.96. The van der Waals surface area contributed by atoms with Crippen molar-refractivity contribution in [3.05, 3.63) is 70.3 Å². The van der Waals surface area contributed by atoms with Gasteiger partial charge in [-0.15, -0.1) is 0 Å². The molecule has 0 aliphatic carbocycles. The maximum absolute atomic E-state index is 12.5. The van der Waals surface area contributed by atoms with Crippen LogP contribution in [0.1, 0.15) is 19.4 Å². The fourth-order valence-corrected chi connectivity index (χ4v) is 2.96. The molecule has 1 aliphatic rings. The molecule has 2 aromatic carbocycles. The fraction of sp³-hybridized carbons (Fsp3) is 0.391. The average Bonchev–Trinajstić information content (AvgIpc) is 3.57. The zero-order valence-corrected chi connectivity index (χ0v) is 18.3. The summed E-state index contributed by atoms with van der Waals surface area (Å²) in [5, 5.41) is 13.2. The quantitative estimate of drug-likeness (QED) is 0.235. The summed E-state index contributed by atoms with van der Waals surface area (Å²) in [4.78, 5) is 34.7. The number of alkyl carbamates (subject to hydrolysis) is 1. The van der Waals surface area contributed by atoms with E-state index in [0.717, 1.165) is 5.56 Å². The first-order chi connectivity index (χ1) is 15.8. The van der Waals surface area contributed by atoms with Gasteiger partial charge in [0.2, 0.25) is 0 Å². The molecule has 1 aliphatic heterocycles. The number of nitro benzene ring substituents is 1. The predicted octanol–water partition coefficient (Wildman–Crippen LogP) is 3.24. The summed E-state index contributed by atoms with van der Waals surface area (Å²) in [5.74, 6) is -0.305. The number of hydrogen-bond donors (Lipinski definition) is 1. The zero-order chi connectivity index (χ0) is 23.8. The van der Waals surface area contributed by atoms with Gasteiger partial charge in [-0.1, -0.05) is 44.2 Å². The standard InChI is InChI=1S/C23H26N2O8/c1-15(2)21(24-23(27)32-12-16-6-4-3-5-7-16)22(26)31-14-20-19(33-20)13-30-18-10-8-17(9-11-18)25(28)29/h3-11,15,19-21H,12-14H2,1-2H3,(H,24,27)/t19-,20+,21-/m1/s1.